The van der Waals surface area contributed by atoms with Crippen molar-refractivity contribution in [3.05, 3.63) is 12.7 Å². The zero-order valence-corrected chi connectivity index (χ0v) is 10.9. The molecule has 0 aliphatic heterocycles. The molecule has 0 aliphatic carbocycles. The summed E-state index contributed by atoms with van der Waals surface area (Å²) in [5, 5.41) is 13.8. The number of hydrogen-bond acceptors (Lipinski definition) is 3. The molecule has 0 fully saturated rings. The molecule has 0 aromatic rings. The molecular formula is C12H22N2O4. The highest BCUT2D eigenvalue weighted by Gasteiger charge is 2.22. The zero-order valence-electron chi connectivity index (χ0n) is 10.9. The number of nitrogens with one attached hydrogen (secondary N) is 2. The van der Waals surface area contributed by atoms with Crippen LogP contribution in [-0.2, 0) is 9.53 Å². The SMILES string of the molecule is C=CCCOCCNC(=O)N[C@@H](C(=O)O)C(C)C. The van der Waals surface area contributed by atoms with Crippen LogP contribution >= 0.6 is 0 Å². The average Bonchev–Trinajstić information content (AvgIpc) is 2.29. The van der Waals surface area contributed by atoms with Crippen molar-refractivity contribution in [3.63, 3.8) is 0 Å². The van der Waals surface area contributed by atoms with Gasteiger partial charge in [0.15, 0.2) is 0 Å². The van der Waals surface area contributed by atoms with E-state index in [1.807, 2.05) is 0 Å². The average molecular weight is 258 g/mol. The second-order valence-corrected chi connectivity index (χ2v) is 4.15. The number of rotatable bonds is 9. The molecule has 0 aromatic heterocycles. The summed E-state index contributed by atoms with van der Waals surface area (Å²) >= 11 is 0. The lowest BCUT2D eigenvalue weighted by atomic mass is 10.1. The largest absolute Gasteiger partial charge is 0.480 e. The van der Waals surface area contributed by atoms with Gasteiger partial charge in [-0.1, -0.05) is 19.9 Å². The van der Waals surface area contributed by atoms with Crippen molar-refractivity contribution >= 4 is 12.0 Å². The second-order valence-electron chi connectivity index (χ2n) is 4.15. The normalized spacial score (nSPS) is 11.9. The van der Waals surface area contributed by atoms with Gasteiger partial charge < -0.3 is 20.5 Å². The molecule has 0 heterocycles. The van der Waals surface area contributed by atoms with Gasteiger partial charge in [0, 0.05) is 6.54 Å². The number of aliphatic carboxylic acids is 1. The van der Waals surface area contributed by atoms with Crippen LogP contribution in [0.5, 0.6) is 0 Å². The van der Waals surface area contributed by atoms with Gasteiger partial charge in [-0.15, -0.1) is 6.58 Å². The summed E-state index contributed by atoms with van der Waals surface area (Å²) in [6.45, 7) is 8.32. The van der Waals surface area contributed by atoms with E-state index in [9.17, 15) is 9.59 Å². The van der Waals surface area contributed by atoms with Crippen molar-refractivity contribution in [3.8, 4) is 0 Å². The standard InChI is InChI=1S/C12H22N2O4/c1-4-5-7-18-8-6-13-12(17)14-10(9(2)3)11(15)16/h4,9-10H,1,5-8H2,2-3H3,(H,15,16)(H2,13,14,17)/t10-/m1/s1. The predicted octanol–water partition coefficient (Wildman–Crippen LogP) is 0.988. The number of urea groups is 1. The minimum Gasteiger partial charge on any atom is -0.480 e. The van der Waals surface area contributed by atoms with Gasteiger partial charge in [0.2, 0.25) is 0 Å². The summed E-state index contributed by atoms with van der Waals surface area (Å²) in [5.74, 6) is -1.21. The van der Waals surface area contributed by atoms with Gasteiger partial charge in [0.05, 0.1) is 13.2 Å². The van der Waals surface area contributed by atoms with E-state index < -0.39 is 18.0 Å². The Morgan fingerprint density at radius 2 is 2.06 bits per heavy atom. The van der Waals surface area contributed by atoms with Crippen molar-refractivity contribution in [2.45, 2.75) is 26.3 Å². The molecule has 0 rings (SSSR count). The summed E-state index contributed by atoms with van der Waals surface area (Å²) in [7, 11) is 0. The first-order valence-corrected chi connectivity index (χ1v) is 5.94. The number of carboxylic acid groups (broad SMARTS) is 1. The Hall–Kier alpha value is -1.56. The second kappa shape index (κ2) is 9.47. The number of carboxylic acids is 1. The Bertz CT molecular complexity index is 279. The van der Waals surface area contributed by atoms with Crippen molar-refractivity contribution in [2.75, 3.05) is 19.8 Å². The van der Waals surface area contributed by atoms with E-state index in [0.29, 0.717) is 19.8 Å². The van der Waals surface area contributed by atoms with Gasteiger partial charge >= 0.3 is 12.0 Å². The first-order chi connectivity index (χ1) is 8.49. The molecule has 6 nitrogen and oxygen atoms in total. The van der Waals surface area contributed by atoms with Crippen molar-refractivity contribution in [2.24, 2.45) is 5.92 Å². The Morgan fingerprint density at radius 3 is 2.56 bits per heavy atom. The molecule has 1 atom stereocenters. The Balaban J connectivity index is 3.75. The van der Waals surface area contributed by atoms with Gasteiger partial charge in [-0.3, -0.25) is 0 Å². The Morgan fingerprint density at radius 1 is 1.39 bits per heavy atom. The minimum absolute atomic E-state index is 0.169. The first-order valence-electron chi connectivity index (χ1n) is 5.94. The van der Waals surface area contributed by atoms with E-state index in [-0.39, 0.29) is 5.92 Å². The van der Waals surface area contributed by atoms with Crippen LogP contribution in [0, 0.1) is 5.92 Å². The Kier molecular flexibility index (Phi) is 8.65. The van der Waals surface area contributed by atoms with E-state index in [2.05, 4.69) is 17.2 Å². The molecule has 0 saturated carbocycles. The van der Waals surface area contributed by atoms with E-state index in [4.69, 9.17) is 9.84 Å². The number of carbonyl (C=O) groups is 2. The Labute approximate surface area is 107 Å². The molecule has 18 heavy (non-hydrogen) atoms. The molecular weight excluding hydrogens is 236 g/mol. The lowest BCUT2D eigenvalue weighted by Gasteiger charge is -2.18. The van der Waals surface area contributed by atoms with Crippen LogP contribution in [0.25, 0.3) is 0 Å². The minimum atomic E-state index is -1.04. The lowest BCUT2D eigenvalue weighted by molar-refractivity contribution is -0.140. The highest BCUT2D eigenvalue weighted by atomic mass is 16.5. The van der Waals surface area contributed by atoms with Gasteiger partial charge in [0.1, 0.15) is 6.04 Å². The number of ether oxygens (including phenoxy) is 1. The lowest BCUT2D eigenvalue weighted by Crippen LogP contribution is -2.49. The molecule has 0 saturated heterocycles. The van der Waals surface area contributed by atoms with Crippen LogP contribution in [0.3, 0.4) is 0 Å². The number of carbonyl (C=O) groups excluding carboxylic acids is 1. The number of amides is 2. The van der Waals surface area contributed by atoms with E-state index >= 15 is 0 Å². The molecule has 0 unspecified atom stereocenters. The van der Waals surface area contributed by atoms with Crippen molar-refractivity contribution in [1.82, 2.24) is 10.6 Å². The summed E-state index contributed by atoms with van der Waals surface area (Å²) in [6, 6.07) is -1.38. The summed E-state index contributed by atoms with van der Waals surface area (Å²) in [4.78, 5) is 22.2. The summed E-state index contributed by atoms with van der Waals surface area (Å²) < 4.78 is 5.19. The first kappa shape index (κ1) is 16.4. The van der Waals surface area contributed by atoms with Crippen LogP contribution in [0.4, 0.5) is 4.79 Å². The van der Waals surface area contributed by atoms with Gasteiger partial charge in [-0.25, -0.2) is 9.59 Å². The predicted molar refractivity (Wildman–Crippen MR) is 68.4 cm³/mol. The molecule has 0 aliphatic rings. The monoisotopic (exact) mass is 258 g/mol. The molecule has 6 heteroatoms. The molecule has 3 N–H and O–H groups in total. The number of hydrogen-bond donors (Lipinski definition) is 3. The van der Waals surface area contributed by atoms with E-state index in [1.165, 1.54) is 0 Å². The van der Waals surface area contributed by atoms with Gasteiger partial charge in [-0.2, -0.15) is 0 Å². The van der Waals surface area contributed by atoms with Crippen LogP contribution in [0.2, 0.25) is 0 Å². The third kappa shape index (κ3) is 7.67. The quantitative estimate of drug-likeness (QED) is 0.425. The van der Waals surface area contributed by atoms with Crippen LogP contribution in [-0.4, -0.2) is 42.9 Å². The fourth-order valence-electron chi connectivity index (χ4n) is 1.21. The molecule has 0 aromatic carbocycles. The summed E-state index contributed by atoms with van der Waals surface area (Å²) in [6.07, 6.45) is 2.51. The van der Waals surface area contributed by atoms with Crippen LogP contribution in [0.15, 0.2) is 12.7 Å². The molecule has 104 valence electrons. The van der Waals surface area contributed by atoms with Gasteiger partial charge in [-0.05, 0) is 12.3 Å². The maximum atomic E-state index is 11.4. The highest BCUT2D eigenvalue weighted by Crippen LogP contribution is 2.00. The van der Waals surface area contributed by atoms with Gasteiger partial charge in [0.25, 0.3) is 0 Å². The smallest absolute Gasteiger partial charge is 0.326 e. The van der Waals surface area contributed by atoms with Crippen LogP contribution in [0.1, 0.15) is 20.3 Å². The zero-order chi connectivity index (χ0) is 14.0. The van der Waals surface area contributed by atoms with Crippen molar-refractivity contribution in [1.29, 1.82) is 0 Å². The fraction of sp³-hybridized carbons (Fsp3) is 0.667. The third-order valence-corrected chi connectivity index (χ3v) is 2.22. The fourth-order valence-corrected chi connectivity index (χ4v) is 1.21. The molecule has 0 radical (unpaired) electrons. The highest BCUT2D eigenvalue weighted by molar-refractivity contribution is 5.82. The molecule has 0 bridgehead atoms. The van der Waals surface area contributed by atoms with E-state index in [0.717, 1.165) is 6.42 Å². The summed E-state index contributed by atoms with van der Waals surface area (Å²) in [5.41, 5.74) is 0. The maximum absolute atomic E-state index is 11.4. The van der Waals surface area contributed by atoms with Crippen molar-refractivity contribution < 1.29 is 19.4 Å². The third-order valence-electron chi connectivity index (χ3n) is 2.22. The molecule has 0 spiro atoms. The maximum Gasteiger partial charge on any atom is 0.326 e. The molecule has 2 amide bonds. The van der Waals surface area contributed by atoms with Crippen LogP contribution < -0.4 is 10.6 Å². The topological polar surface area (TPSA) is 87.7 Å². The van der Waals surface area contributed by atoms with E-state index in [1.54, 1.807) is 19.9 Å².